The van der Waals surface area contributed by atoms with Gasteiger partial charge in [-0.15, -0.1) is 0 Å². The molecule has 0 atom stereocenters. The van der Waals surface area contributed by atoms with Gasteiger partial charge in [0, 0.05) is 11.2 Å². The highest BCUT2D eigenvalue weighted by molar-refractivity contribution is 6.31. The van der Waals surface area contributed by atoms with E-state index in [9.17, 15) is 0 Å². The number of hydrogen-bond acceptors (Lipinski definition) is 2. The number of aromatic nitrogens is 2. The minimum Gasteiger partial charge on any atom is -0.330 e. The number of rotatable bonds is 4. The maximum Gasteiger partial charge on any atom is 0.0673 e. The highest BCUT2D eigenvalue weighted by Gasteiger charge is 2.02. The topological polar surface area (TPSA) is 43.8 Å². The van der Waals surface area contributed by atoms with Crippen LogP contribution in [-0.2, 0) is 13.0 Å². The summed E-state index contributed by atoms with van der Waals surface area (Å²) in [5.74, 6) is 0. The molecule has 0 radical (unpaired) electrons. The van der Waals surface area contributed by atoms with E-state index in [1.165, 1.54) is 0 Å². The first-order valence-electron chi connectivity index (χ1n) is 5.24. The molecule has 0 aliphatic carbocycles. The molecule has 2 N–H and O–H groups in total. The van der Waals surface area contributed by atoms with Crippen LogP contribution in [0.1, 0.15) is 11.1 Å². The van der Waals surface area contributed by atoms with Gasteiger partial charge in [-0.3, -0.25) is 4.68 Å². The summed E-state index contributed by atoms with van der Waals surface area (Å²) in [4.78, 5) is 0. The Hall–Kier alpha value is -1.32. The molecule has 1 heterocycles. The third-order valence-electron chi connectivity index (χ3n) is 2.41. The van der Waals surface area contributed by atoms with Crippen molar-refractivity contribution in [2.45, 2.75) is 13.0 Å². The highest BCUT2D eigenvalue weighted by Crippen LogP contribution is 2.16. The van der Waals surface area contributed by atoms with Gasteiger partial charge in [-0.05, 0) is 30.2 Å². The summed E-state index contributed by atoms with van der Waals surface area (Å²) < 4.78 is 1.88. The predicted molar refractivity (Wildman–Crippen MR) is 65.5 cm³/mol. The Morgan fingerprint density at radius 1 is 1.31 bits per heavy atom. The van der Waals surface area contributed by atoms with Gasteiger partial charge in [0.25, 0.3) is 0 Å². The van der Waals surface area contributed by atoms with Gasteiger partial charge in [0.1, 0.15) is 0 Å². The predicted octanol–water partition coefficient (Wildman–Crippen LogP) is 2.09. The molecule has 1 aromatic carbocycles. The van der Waals surface area contributed by atoms with Crippen LogP contribution in [0.2, 0.25) is 5.02 Å². The SMILES string of the molecule is NCCc1cnn(Cc2ccccc2Cl)c1. The second-order valence-electron chi connectivity index (χ2n) is 3.68. The summed E-state index contributed by atoms with van der Waals surface area (Å²) in [5, 5.41) is 5.05. The molecule has 0 amide bonds. The van der Waals surface area contributed by atoms with Crippen molar-refractivity contribution in [2.24, 2.45) is 5.73 Å². The zero-order chi connectivity index (χ0) is 11.4. The number of halogens is 1. The van der Waals surface area contributed by atoms with Crippen molar-refractivity contribution in [3.63, 3.8) is 0 Å². The van der Waals surface area contributed by atoms with Crippen LogP contribution in [-0.4, -0.2) is 16.3 Å². The molecule has 0 aliphatic heterocycles. The number of nitrogens with two attached hydrogens (primary N) is 1. The van der Waals surface area contributed by atoms with E-state index >= 15 is 0 Å². The van der Waals surface area contributed by atoms with Gasteiger partial charge in [0.15, 0.2) is 0 Å². The first-order valence-corrected chi connectivity index (χ1v) is 5.62. The fourth-order valence-corrected chi connectivity index (χ4v) is 1.79. The lowest BCUT2D eigenvalue weighted by molar-refractivity contribution is 0.686. The van der Waals surface area contributed by atoms with Crippen molar-refractivity contribution in [1.29, 1.82) is 0 Å². The van der Waals surface area contributed by atoms with E-state index in [1.807, 2.05) is 41.3 Å². The molecule has 0 unspecified atom stereocenters. The molecule has 0 saturated carbocycles. The van der Waals surface area contributed by atoms with Crippen LogP contribution in [0.25, 0.3) is 0 Å². The van der Waals surface area contributed by atoms with E-state index in [2.05, 4.69) is 5.10 Å². The zero-order valence-corrected chi connectivity index (χ0v) is 9.69. The fraction of sp³-hybridized carbons (Fsp3) is 0.250. The summed E-state index contributed by atoms with van der Waals surface area (Å²) >= 11 is 6.08. The normalized spacial score (nSPS) is 10.6. The summed E-state index contributed by atoms with van der Waals surface area (Å²) in [6, 6.07) is 7.80. The Kier molecular flexibility index (Phi) is 3.59. The summed E-state index contributed by atoms with van der Waals surface area (Å²) in [7, 11) is 0. The lowest BCUT2D eigenvalue weighted by Gasteiger charge is -2.03. The summed E-state index contributed by atoms with van der Waals surface area (Å²) in [6.07, 6.45) is 4.72. The third kappa shape index (κ3) is 2.62. The highest BCUT2D eigenvalue weighted by atomic mass is 35.5. The van der Waals surface area contributed by atoms with Crippen LogP contribution in [0.5, 0.6) is 0 Å². The van der Waals surface area contributed by atoms with Crippen molar-refractivity contribution in [3.8, 4) is 0 Å². The van der Waals surface area contributed by atoms with Crippen molar-refractivity contribution in [1.82, 2.24) is 9.78 Å². The maximum absolute atomic E-state index is 6.08. The Morgan fingerprint density at radius 2 is 2.12 bits per heavy atom. The van der Waals surface area contributed by atoms with Crippen molar-refractivity contribution < 1.29 is 0 Å². The van der Waals surface area contributed by atoms with Crippen molar-refractivity contribution >= 4 is 11.6 Å². The standard InChI is InChI=1S/C12H14ClN3/c13-12-4-2-1-3-11(12)9-16-8-10(5-6-14)7-15-16/h1-4,7-8H,5-6,9,14H2. The van der Waals surface area contributed by atoms with Crippen LogP contribution < -0.4 is 5.73 Å². The minimum absolute atomic E-state index is 0.651. The maximum atomic E-state index is 6.08. The Morgan fingerprint density at radius 3 is 2.88 bits per heavy atom. The van der Waals surface area contributed by atoms with Crippen LogP contribution in [0, 0.1) is 0 Å². The molecule has 0 fully saturated rings. The molecule has 1 aromatic heterocycles. The van der Waals surface area contributed by atoms with Gasteiger partial charge in [0.2, 0.25) is 0 Å². The average Bonchev–Trinajstić information content (AvgIpc) is 2.70. The molecular weight excluding hydrogens is 222 g/mol. The van der Waals surface area contributed by atoms with Crippen LogP contribution >= 0.6 is 11.6 Å². The van der Waals surface area contributed by atoms with Gasteiger partial charge < -0.3 is 5.73 Å². The summed E-state index contributed by atoms with van der Waals surface area (Å²) in [5.41, 5.74) is 7.73. The number of hydrogen-bond donors (Lipinski definition) is 1. The van der Waals surface area contributed by atoms with Gasteiger partial charge in [-0.1, -0.05) is 29.8 Å². The van der Waals surface area contributed by atoms with Crippen molar-refractivity contribution in [3.05, 3.63) is 52.8 Å². The van der Waals surface area contributed by atoms with Gasteiger partial charge in [-0.25, -0.2) is 0 Å². The quantitative estimate of drug-likeness (QED) is 0.882. The molecule has 0 saturated heterocycles. The average molecular weight is 236 g/mol. The smallest absolute Gasteiger partial charge is 0.0673 e. The molecule has 84 valence electrons. The second kappa shape index (κ2) is 5.14. The molecular formula is C12H14ClN3. The fourth-order valence-electron chi connectivity index (χ4n) is 1.59. The van der Waals surface area contributed by atoms with Gasteiger partial charge in [0.05, 0.1) is 12.7 Å². The van der Waals surface area contributed by atoms with E-state index in [-0.39, 0.29) is 0 Å². The van der Waals surface area contributed by atoms with Crippen LogP contribution in [0.3, 0.4) is 0 Å². The Balaban J connectivity index is 2.11. The monoisotopic (exact) mass is 235 g/mol. The van der Waals surface area contributed by atoms with Crippen LogP contribution in [0.4, 0.5) is 0 Å². The molecule has 0 bridgehead atoms. The number of benzene rings is 1. The molecule has 2 rings (SSSR count). The molecule has 2 aromatic rings. The van der Waals surface area contributed by atoms with E-state index in [4.69, 9.17) is 17.3 Å². The molecule has 0 aliphatic rings. The molecule has 4 heteroatoms. The van der Waals surface area contributed by atoms with E-state index < -0.39 is 0 Å². The third-order valence-corrected chi connectivity index (χ3v) is 2.78. The summed E-state index contributed by atoms with van der Waals surface area (Å²) in [6.45, 7) is 1.35. The van der Waals surface area contributed by atoms with E-state index in [1.54, 1.807) is 0 Å². The largest absolute Gasteiger partial charge is 0.330 e. The Bertz CT molecular complexity index is 465. The Labute approximate surface area is 99.8 Å². The molecule has 0 spiro atoms. The lowest BCUT2D eigenvalue weighted by atomic mass is 10.2. The molecule has 16 heavy (non-hydrogen) atoms. The van der Waals surface area contributed by atoms with E-state index in [0.29, 0.717) is 13.1 Å². The van der Waals surface area contributed by atoms with E-state index in [0.717, 1.165) is 22.6 Å². The second-order valence-corrected chi connectivity index (χ2v) is 4.08. The first-order chi connectivity index (χ1) is 7.79. The first kappa shape index (κ1) is 11.2. The van der Waals surface area contributed by atoms with Gasteiger partial charge in [-0.2, -0.15) is 5.10 Å². The minimum atomic E-state index is 0.651. The number of nitrogens with zero attached hydrogens (tertiary/aromatic N) is 2. The lowest BCUT2D eigenvalue weighted by Crippen LogP contribution is -2.02. The van der Waals surface area contributed by atoms with Gasteiger partial charge >= 0.3 is 0 Å². The van der Waals surface area contributed by atoms with Crippen molar-refractivity contribution in [2.75, 3.05) is 6.54 Å². The zero-order valence-electron chi connectivity index (χ0n) is 8.94. The molecule has 3 nitrogen and oxygen atoms in total. The van der Waals surface area contributed by atoms with Crippen LogP contribution in [0.15, 0.2) is 36.7 Å².